The Labute approximate surface area is 114 Å². The van der Waals surface area contributed by atoms with Crippen molar-refractivity contribution in [1.82, 2.24) is 4.98 Å². The SMILES string of the molecule is CCC(N)Cc1ccc(Sc2nccs2)c(F)c1. The van der Waals surface area contributed by atoms with Crippen LogP contribution < -0.4 is 5.73 Å². The molecule has 2 nitrogen and oxygen atoms in total. The number of aromatic nitrogens is 1. The van der Waals surface area contributed by atoms with Crippen molar-refractivity contribution in [2.45, 2.75) is 35.0 Å². The molecule has 5 heteroatoms. The third-order valence-electron chi connectivity index (χ3n) is 2.63. The largest absolute Gasteiger partial charge is 0.327 e. The van der Waals surface area contributed by atoms with Crippen molar-refractivity contribution in [2.24, 2.45) is 5.73 Å². The summed E-state index contributed by atoms with van der Waals surface area (Å²) in [6, 6.07) is 5.42. The normalized spacial score (nSPS) is 12.6. The van der Waals surface area contributed by atoms with Crippen LogP contribution in [0.2, 0.25) is 0 Å². The average molecular weight is 282 g/mol. The number of nitrogens with two attached hydrogens (primary N) is 1. The quantitative estimate of drug-likeness (QED) is 0.908. The lowest BCUT2D eigenvalue weighted by atomic mass is 10.0. The fourth-order valence-corrected chi connectivity index (χ4v) is 3.14. The Bertz CT molecular complexity index is 500. The summed E-state index contributed by atoms with van der Waals surface area (Å²) in [4.78, 5) is 4.74. The van der Waals surface area contributed by atoms with E-state index in [0.29, 0.717) is 4.90 Å². The van der Waals surface area contributed by atoms with Crippen LogP contribution in [-0.4, -0.2) is 11.0 Å². The van der Waals surface area contributed by atoms with Crippen LogP contribution >= 0.6 is 23.1 Å². The Morgan fingerprint density at radius 1 is 1.50 bits per heavy atom. The highest BCUT2D eigenvalue weighted by atomic mass is 32.2. The standard InChI is InChI=1S/C13H15FN2S2/c1-2-10(15)7-9-3-4-12(11(14)8-9)18-13-16-5-6-17-13/h3-6,8,10H,2,7,15H2,1H3. The summed E-state index contributed by atoms with van der Waals surface area (Å²) >= 11 is 2.87. The van der Waals surface area contributed by atoms with Crippen molar-refractivity contribution < 1.29 is 4.39 Å². The van der Waals surface area contributed by atoms with Gasteiger partial charge in [0.25, 0.3) is 0 Å². The lowest BCUT2D eigenvalue weighted by Gasteiger charge is -2.09. The third kappa shape index (κ3) is 3.54. The average Bonchev–Trinajstić information content (AvgIpc) is 2.85. The molecule has 0 radical (unpaired) electrons. The van der Waals surface area contributed by atoms with Gasteiger partial charge in [0, 0.05) is 17.6 Å². The predicted octanol–water partition coefficient (Wildman–Crippen LogP) is 3.71. The molecule has 1 atom stereocenters. The Morgan fingerprint density at radius 2 is 2.33 bits per heavy atom. The number of hydrogen-bond donors (Lipinski definition) is 1. The third-order valence-corrected chi connectivity index (χ3v) is 4.56. The molecular weight excluding hydrogens is 267 g/mol. The van der Waals surface area contributed by atoms with Crippen LogP contribution in [0.3, 0.4) is 0 Å². The molecule has 96 valence electrons. The smallest absolute Gasteiger partial charge is 0.154 e. The molecular formula is C13H15FN2S2. The second kappa shape index (κ2) is 6.31. The molecule has 1 heterocycles. The highest BCUT2D eigenvalue weighted by molar-refractivity contribution is 8.01. The van der Waals surface area contributed by atoms with E-state index < -0.39 is 0 Å². The van der Waals surface area contributed by atoms with Crippen LogP contribution in [0.4, 0.5) is 4.39 Å². The van der Waals surface area contributed by atoms with Crippen LogP contribution in [0.1, 0.15) is 18.9 Å². The molecule has 1 aromatic heterocycles. The monoisotopic (exact) mass is 282 g/mol. The van der Waals surface area contributed by atoms with Gasteiger partial charge in [0.2, 0.25) is 0 Å². The van der Waals surface area contributed by atoms with E-state index in [1.54, 1.807) is 18.3 Å². The van der Waals surface area contributed by atoms with Crippen LogP contribution in [0.5, 0.6) is 0 Å². The van der Waals surface area contributed by atoms with Crippen molar-refractivity contribution in [3.05, 3.63) is 41.2 Å². The maximum atomic E-state index is 13.9. The second-order valence-electron chi connectivity index (χ2n) is 4.04. The molecule has 1 aromatic carbocycles. The number of halogens is 1. The fourth-order valence-electron chi connectivity index (χ4n) is 1.56. The van der Waals surface area contributed by atoms with E-state index in [0.717, 1.165) is 22.7 Å². The van der Waals surface area contributed by atoms with E-state index in [1.807, 2.05) is 18.4 Å². The highest BCUT2D eigenvalue weighted by Gasteiger charge is 2.08. The van der Waals surface area contributed by atoms with Gasteiger partial charge in [0.05, 0.1) is 4.90 Å². The number of thiazole rings is 1. The molecule has 0 fully saturated rings. The van der Waals surface area contributed by atoms with Crippen molar-refractivity contribution >= 4 is 23.1 Å². The molecule has 2 N–H and O–H groups in total. The fraction of sp³-hybridized carbons (Fsp3) is 0.308. The van der Waals surface area contributed by atoms with E-state index in [4.69, 9.17) is 5.73 Å². The maximum absolute atomic E-state index is 13.9. The van der Waals surface area contributed by atoms with Crippen LogP contribution in [0, 0.1) is 5.82 Å². The molecule has 2 rings (SSSR count). The van der Waals surface area contributed by atoms with Gasteiger partial charge < -0.3 is 5.73 Å². The zero-order valence-corrected chi connectivity index (χ0v) is 11.7. The first kappa shape index (κ1) is 13.5. The van der Waals surface area contributed by atoms with Crippen molar-refractivity contribution in [1.29, 1.82) is 0 Å². The summed E-state index contributed by atoms with van der Waals surface area (Å²) in [5.41, 5.74) is 6.82. The van der Waals surface area contributed by atoms with Crippen LogP contribution in [-0.2, 0) is 6.42 Å². The lowest BCUT2D eigenvalue weighted by Crippen LogP contribution is -2.21. The summed E-state index contributed by atoms with van der Waals surface area (Å²) in [5, 5.41) is 1.88. The second-order valence-corrected chi connectivity index (χ2v) is 6.22. The van der Waals surface area contributed by atoms with Crippen molar-refractivity contribution in [3.63, 3.8) is 0 Å². The Kier molecular flexibility index (Phi) is 4.74. The molecule has 0 bridgehead atoms. The summed E-state index contributed by atoms with van der Waals surface area (Å²) in [6.45, 7) is 2.04. The predicted molar refractivity (Wildman–Crippen MR) is 74.6 cm³/mol. The zero-order chi connectivity index (χ0) is 13.0. The molecule has 0 amide bonds. The maximum Gasteiger partial charge on any atom is 0.154 e. The first-order chi connectivity index (χ1) is 8.69. The molecule has 0 spiro atoms. The summed E-state index contributed by atoms with van der Waals surface area (Å²) < 4.78 is 14.8. The van der Waals surface area contributed by atoms with Gasteiger partial charge in [-0.15, -0.1) is 11.3 Å². The summed E-state index contributed by atoms with van der Waals surface area (Å²) in [6.07, 6.45) is 3.34. The van der Waals surface area contributed by atoms with Crippen molar-refractivity contribution in [3.8, 4) is 0 Å². The minimum atomic E-state index is -0.198. The van der Waals surface area contributed by atoms with E-state index in [-0.39, 0.29) is 11.9 Å². The molecule has 2 aromatic rings. The van der Waals surface area contributed by atoms with E-state index >= 15 is 0 Å². The summed E-state index contributed by atoms with van der Waals surface area (Å²) in [5.74, 6) is -0.198. The van der Waals surface area contributed by atoms with Crippen molar-refractivity contribution in [2.75, 3.05) is 0 Å². The molecule has 0 aliphatic carbocycles. The highest BCUT2D eigenvalue weighted by Crippen LogP contribution is 2.31. The van der Waals surface area contributed by atoms with E-state index in [1.165, 1.54) is 23.1 Å². The Balaban J connectivity index is 2.10. The first-order valence-electron chi connectivity index (χ1n) is 5.80. The number of benzene rings is 1. The van der Waals surface area contributed by atoms with Gasteiger partial charge in [-0.05, 0) is 30.5 Å². The number of nitrogens with zero attached hydrogens (tertiary/aromatic N) is 1. The van der Waals surface area contributed by atoms with Crippen LogP contribution in [0.15, 0.2) is 39.0 Å². The first-order valence-corrected chi connectivity index (χ1v) is 7.50. The molecule has 1 unspecified atom stereocenters. The number of rotatable bonds is 5. The van der Waals surface area contributed by atoms with E-state index in [2.05, 4.69) is 4.98 Å². The van der Waals surface area contributed by atoms with E-state index in [9.17, 15) is 4.39 Å². The van der Waals surface area contributed by atoms with Gasteiger partial charge in [-0.2, -0.15) is 0 Å². The lowest BCUT2D eigenvalue weighted by molar-refractivity contribution is 0.593. The van der Waals surface area contributed by atoms with Gasteiger partial charge in [-0.1, -0.05) is 24.8 Å². The Hall–Kier alpha value is -0.910. The number of hydrogen-bond acceptors (Lipinski definition) is 4. The summed E-state index contributed by atoms with van der Waals surface area (Å²) in [7, 11) is 0. The zero-order valence-electron chi connectivity index (χ0n) is 10.1. The molecule has 0 aliphatic heterocycles. The van der Waals surface area contributed by atoms with Gasteiger partial charge in [-0.25, -0.2) is 9.37 Å². The van der Waals surface area contributed by atoms with Crippen LogP contribution in [0.25, 0.3) is 0 Å². The molecule has 0 saturated heterocycles. The van der Waals surface area contributed by atoms with Gasteiger partial charge >= 0.3 is 0 Å². The minimum absolute atomic E-state index is 0.0989. The van der Waals surface area contributed by atoms with Gasteiger partial charge in [-0.3, -0.25) is 0 Å². The molecule has 18 heavy (non-hydrogen) atoms. The minimum Gasteiger partial charge on any atom is -0.327 e. The van der Waals surface area contributed by atoms with Gasteiger partial charge in [0.1, 0.15) is 5.82 Å². The molecule has 0 saturated carbocycles. The topological polar surface area (TPSA) is 38.9 Å². The van der Waals surface area contributed by atoms with Gasteiger partial charge in [0.15, 0.2) is 4.34 Å². The molecule has 0 aliphatic rings. The Morgan fingerprint density at radius 3 is 2.94 bits per heavy atom.